The lowest BCUT2D eigenvalue weighted by Gasteiger charge is -2.45. The minimum Gasteiger partial charge on any atom is -0.411 e. The van der Waals surface area contributed by atoms with Crippen LogP contribution in [0, 0.1) is 0 Å². The summed E-state index contributed by atoms with van der Waals surface area (Å²) in [5, 5.41) is 29.5. The van der Waals surface area contributed by atoms with Crippen molar-refractivity contribution in [2.75, 3.05) is 5.32 Å². The maximum atomic E-state index is 13.6. The van der Waals surface area contributed by atoms with Crippen LogP contribution in [0.2, 0.25) is 0 Å². The summed E-state index contributed by atoms with van der Waals surface area (Å²) in [6.45, 7) is 0. The van der Waals surface area contributed by atoms with Crippen LogP contribution in [-0.2, 0) is 11.7 Å². The molecule has 1 atom stereocenters. The Balaban J connectivity index is 1.79. The van der Waals surface area contributed by atoms with Crippen molar-refractivity contribution in [2.45, 2.75) is 24.6 Å². The average Bonchev–Trinajstić information content (AvgIpc) is 3.20. The largest absolute Gasteiger partial charge is 0.416 e. The second kappa shape index (κ2) is 6.63. The number of tetrazole rings is 1. The first-order chi connectivity index (χ1) is 13.4. The van der Waals surface area contributed by atoms with Gasteiger partial charge in [-0.1, -0.05) is 35.5 Å². The standard InChI is InChI=1S/C18H15F3N6O/c19-18(20,21)14-7-2-1-6-13(14)17(9-8-15(17)25-28)22-12-5-3-4-11(10-12)16-23-26-27-24-16/h1-7,10,22,28H,8-9H2,(H,23,24,26,27). The molecule has 1 saturated carbocycles. The van der Waals surface area contributed by atoms with Gasteiger partial charge in [0.2, 0.25) is 5.82 Å². The lowest BCUT2D eigenvalue weighted by molar-refractivity contribution is -0.138. The Morgan fingerprint density at radius 2 is 1.96 bits per heavy atom. The molecule has 10 heteroatoms. The molecule has 1 aliphatic carbocycles. The number of hydrogen-bond acceptors (Lipinski definition) is 6. The number of alkyl halides is 3. The molecular formula is C18H15F3N6O. The number of hydrogen-bond donors (Lipinski definition) is 3. The Labute approximate surface area is 157 Å². The maximum absolute atomic E-state index is 13.6. The number of halogens is 3. The topological polar surface area (TPSA) is 99.1 Å². The first kappa shape index (κ1) is 18.0. The van der Waals surface area contributed by atoms with Gasteiger partial charge in [0.15, 0.2) is 0 Å². The van der Waals surface area contributed by atoms with Crippen molar-refractivity contribution >= 4 is 11.4 Å². The molecule has 4 rings (SSSR count). The van der Waals surface area contributed by atoms with E-state index in [0.717, 1.165) is 6.07 Å². The monoisotopic (exact) mass is 388 g/mol. The number of aromatic nitrogens is 4. The lowest BCUT2D eigenvalue weighted by Crippen LogP contribution is -2.52. The molecule has 1 unspecified atom stereocenters. The molecule has 1 aliphatic rings. The molecule has 0 saturated heterocycles. The van der Waals surface area contributed by atoms with E-state index in [-0.39, 0.29) is 11.3 Å². The smallest absolute Gasteiger partial charge is 0.411 e. The highest BCUT2D eigenvalue weighted by Gasteiger charge is 2.50. The third kappa shape index (κ3) is 2.96. The predicted molar refractivity (Wildman–Crippen MR) is 94.8 cm³/mol. The molecule has 2 aromatic carbocycles. The SMILES string of the molecule is ON=C1CCC1(Nc1cccc(-c2nn[nH]n2)c1)c1ccccc1C(F)(F)F. The normalized spacial score (nSPS) is 20.8. The summed E-state index contributed by atoms with van der Waals surface area (Å²) in [6.07, 6.45) is -3.79. The predicted octanol–water partition coefficient (Wildman–Crippen LogP) is 3.82. The van der Waals surface area contributed by atoms with Gasteiger partial charge in [0.05, 0.1) is 11.3 Å². The molecule has 0 bridgehead atoms. The average molecular weight is 388 g/mol. The molecule has 1 fully saturated rings. The second-order valence-electron chi connectivity index (χ2n) is 6.44. The summed E-state index contributed by atoms with van der Waals surface area (Å²) >= 11 is 0. The van der Waals surface area contributed by atoms with Crippen LogP contribution in [0.25, 0.3) is 11.4 Å². The number of aromatic amines is 1. The first-order valence-corrected chi connectivity index (χ1v) is 8.44. The summed E-state index contributed by atoms with van der Waals surface area (Å²) in [7, 11) is 0. The Morgan fingerprint density at radius 3 is 2.61 bits per heavy atom. The van der Waals surface area contributed by atoms with Gasteiger partial charge in [-0.3, -0.25) is 0 Å². The highest BCUT2D eigenvalue weighted by atomic mass is 19.4. The number of nitrogens with zero attached hydrogens (tertiary/aromatic N) is 4. The van der Waals surface area contributed by atoms with Crippen LogP contribution < -0.4 is 5.32 Å². The zero-order valence-electron chi connectivity index (χ0n) is 14.4. The molecule has 7 nitrogen and oxygen atoms in total. The number of nitrogens with one attached hydrogen (secondary N) is 2. The molecule has 3 N–H and O–H groups in total. The van der Waals surface area contributed by atoms with Gasteiger partial charge in [0.1, 0.15) is 5.54 Å². The molecule has 0 amide bonds. The lowest BCUT2D eigenvalue weighted by atomic mass is 9.68. The van der Waals surface area contributed by atoms with Crippen LogP contribution in [-0.4, -0.2) is 31.5 Å². The van der Waals surface area contributed by atoms with E-state index in [0.29, 0.717) is 29.9 Å². The van der Waals surface area contributed by atoms with Gasteiger partial charge in [-0.2, -0.15) is 18.4 Å². The van der Waals surface area contributed by atoms with E-state index in [9.17, 15) is 18.4 Å². The van der Waals surface area contributed by atoms with E-state index in [4.69, 9.17) is 0 Å². The van der Waals surface area contributed by atoms with Crippen LogP contribution in [0.3, 0.4) is 0 Å². The van der Waals surface area contributed by atoms with Crippen molar-refractivity contribution in [3.05, 3.63) is 59.7 Å². The van der Waals surface area contributed by atoms with Crippen LogP contribution in [0.5, 0.6) is 0 Å². The zero-order valence-corrected chi connectivity index (χ0v) is 14.4. The van der Waals surface area contributed by atoms with E-state index in [1.54, 1.807) is 24.3 Å². The number of rotatable bonds is 4. The van der Waals surface area contributed by atoms with Crippen LogP contribution >= 0.6 is 0 Å². The maximum Gasteiger partial charge on any atom is 0.416 e. The van der Waals surface area contributed by atoms with E-state index in [2.05, 4.69) is 31.1 Å². The molecule has 1 heterocycles. The van der Waals surface area contributed by atoms with Gasteiger partial charge >= 0.3 is 6.18 Å². The molecule has 28 heavy (non-hydrogen) atoms. The number of H-pyrrole nitrogens is 1. The molecule has 0 radical (unpaired) electrons. The fourth-order valence-electron chi connectivity index (χ4n) is 3.48. The number of oxime groups is 1. The Bertz CT molecular complexity index is 1020. The Morgan fingerprint density at radius 1 is 1.14 bits per heavy atom. The van der Waals surface area contributed by atoms with Gasteiger partial charge in [0.25, 0.3) is 0 Å². The quantitative estimate of drug-likeness (QED) is 0.466. The Hall–Kier alpha value is -3.43. The van der Waals surface area contributed by atoms with Crippen LogP contribution in [0.1, 0.15) is 24.0 Å². The molecular weight excluding hydrogens is 373 g/mol. The zero-order chi connectivity index (χ0) is 19.8. The summed E-state index contributed by atoms with van der Waals surface area (Å²) in [4.78, 5) is 0. The summed E-state index contributed by atoms with van der Waals surface area (Å²) in [6, 6.07) is 12.2. The number of anilines is 1. The van der Waals surface area contributed by atoms with Crippen molar-refractivity contribution in [2.24, 2.45) is 5.16 Å². The molecule has 1 aromatic heterocycles. The summed E-state index contributed by atoms with van der Waals surface area (Å²) in [5.41, 5.74) is -0.574. The van der Waals surface area contributed by atoms with Crippen molar-refractivity contribution in [3.63, 3.8) is 0 Å². The molecule has 0 aliphatic heterocycles. The highest BCUT2D eigenvalue weighted by Crippen LogP contribution is 2.47. The van der Waals surface area contributed by atoms with E-state index < -0.39 is 17.3 Å². The third-order valence-electron chi connectivity index (χ3n) is 4.87. The van der Waals surface area contributed by atoms with Gasteiger partial charge in [-0.05, 0) is 41.8 Å². The van der Waals surface area contributed by atoms with E-state index in [1.165, 1.54) is 18.2 Å². The van der Waals surface area contributed by atoms with Gasteiger partial charge in [-0.25, -0.2) is 0 Å². The minimum atomic E-state index is -4.53. The fraction of sp³-hybridized carbons (Fsp3) is 0.222. The van der Waals surface area contributed by atoms with Crippen molar-refractivity contribution in [1.82, 2.24) is 20.6 Å². The highest BCUT2D eigenvalue weighted by molar-refractivity contribution is 6.02. The second-order valence-corrected chi connectivity index (χ2v) is 6.44. The third-order valence-corrected chi connectivity index (χ3v) is 4.87. The van der Waals surface area contributed by atoms with Gasteiger partial charge in [-0.15, -0.1) is 10.2 Å². The summed E-state index contributed by atoms with van der Waals surface area (Å²) in [5.74, 6) is 0.359. The molecule has 3 aromatic rings. The van der Waals surface area contributed by atoms with Crippen LogP contribution in [0.15, 0.2) is 53.7 Å². The van der Waals surface area contributed by atoms with Gasteiger partial charge in [0, 0.05) is 11.3 Å². The summed E-state index contributed by atoms with van der Waals surface area (Å²) < 4.78 is 40.8. The molecule has 0 spiro atoms. The van der Waals surface area contributed by atoms with Crippen molar-refractivity contribution in [3.8, 4) is 11.4 Å². The first-order valence-electron chi connectivity index (χ1n) is 8.44. The van der Waals surface area contributed by atoms with Crippen molar-refractivity contribution in [1.29, 1.82) is 0 Å². The van der Waals surface area contributed by atoms with Gasteiger partial charge < -0.3 is 10.5 Å². The number of benzene rings is 2. The van der Waals surface area contributed by atoms with Crippen LogP contribution in [0.4, 0.5) is 18.9 Å². The molecule has 144 valence electrons. The van der Waals surface area contributed by atoms with E-state index >= 15 is 0 Å². The van der Waals surface area contributed by atoms with Crippen molar-refractivity contribution < 1.29 is 18.4 Å². The Kier molecular flexibility index (Phi) is 4.25. The fourth-order valence-corrected chi connectivity index (χ4v) is 3.48. The minimum absolute atomic E-state index is 0.0199. The van der Waals surface area contributed by atoms with E-state index in [1.807, 2.05) is 0 Å².